The zero-order valence-corrected chi connectivity index (χ0v) is 9.38. The summed E-state index contributed by atoms with van der Waals surface area (Å²) in [6.45, 7) is 3.31. The molecule has 0 aromatic rings. The van der Waals surface area contributed by atoms with Crippen molar-refractivity contribution in [1.29, 1.82) is 0 Å². The number of amides is 3. The van der Waals surface area contributed by atoms with E-state index in [9.17, 15) is 14.7 Å². The summed E-state index contributed by atoms with van der Waals surface area (Å²) in [6.07, 6.45) is 1.54. The molecule has 6 heteroatoms. The molecule has 1 saturated heterocycles. The van der Waals surface area contributed by atoms with E-state index in [0.29, 0.717) is 0 Å². The summed E-state index contributed by atoms with van der Waals surface area (Å²) >= 11 is 0. The van der Waals surface area contributed by atoms with Crippen LogP contribution in [-0.4, -0.2) is 58.4 Å². The number of urea groups is 1. The maximum Gasteiger partial charge on any atom is 0.329 e. The third-order valence-corrected chi connectivity index (χ3v) is 2.95. The minimum atomic E-state index is -1.93. The molecule has 2 atom stereocenters. The van der Waals surface area contributed by atoms with Crippen molar-refractivity contribution in [3.63, 3.8) is 0 Å². The van der Waals surface area contributed by atoms with Crippen molar-refractivity contribution in [2.75, 3.05) is 20.7 Å². The normalized spacial score (nSPS) is 27.5. The Hall–Kier alpha value is -1.40. The Kier molecular flexibility index (Phi) is 3.35. The molecule has 16 heavy (non-hydrogen) atoms. The second-order valence-corrected chi connectivity index (χ2v) is 3.79. The number of aliphatic hydroxyl groups excluding tert-OH is 1. The highest BCUT2D eigenvalue weighted by Gasteiger charge is 2.56. The van der Waals surface area contributed by atoms with Gasteiger partial charge in [-0.3, -0.25) is 14.6 Å². The van der Waals surface area contributed by atoms with Gasteiger partial charge in [-0.15, -0.1) is 6.58 Å². The Morgan fingerprint density at radius 3 is 2.38 bits per heavy atom. The van der Waals surface area contributed by atoms with E-state index in [1.54, 1.807) is 0 Å². The van der Waals surface area contributed by atoms with E-state index >= 15 is 0 Å². The van der Waals surface area contributed by atoms with E-state index in [1.165, 1.54) is 20.2 Å². The molecular formula is C10H16N2O4. The van der Waals surface area contributed by atoms with Gasteiger partial charge < -0.3 is 10.2 Å². The van der Waals surface area contributed by atoms with Crippen molar-refractivity contribution >= 4 is 11.9 Å². The van der Waals surface area contributed by atoms with Gasteiger partial charge in [0.15, 0.2) is 0 Å². The molecule has 1 fully saturated rings. The van der Waals surface area contributed by atoms with Crippen LogP contribution in [-0.2, 0) is 4.79 Å². The molecule has 0 bridgehead atoms. The maximum absolute atomic E-state index is 11.8. The molecule has 2 unspecified atom stereocenters. The van der Waals surface area contributed by atoms with Gasteiger partial charge in [0, 0.05) is 26.6 Å². The molecule has 1 heterocycles. The number of nitrogens with zero attached hydrogens (tertiary/aromatic N) is 2. The second-order valence-electron chi connectivity index (χ2n) is 3.79. The largest absolute Gasteiger partial charge is 0.396 e. The molecule has 3 amide bonds. The van der Waals surface area contributed by atoms with Gasteiger partial charge in [0.25, 0.3) is 5.91 Å². The molecule has 0 aliphatic carbocycles. The highest BCUT2D eigenvalue weighted by Crippen LogP contribution is 2.32. The number of imide groups is 1. The molecule has 0 aromatic carbocycles. The summed E-state index contributed by atoms with van der Waals surface area (Å²) in [6, 6.07) is -0.572. The Morgan fingerprint density at radius 2 is 2.06 bits per heavy atom. The monoisotopic (exact) mass is 228 g/mol. The van der Waals surface area contributed by atoms with Gasteiger partial charge in [0.1, 0.15) is 0 Å². The van der Waals surface area contributed by atoms with Crippen LogP contribution in [0.3, 0.4) is 0 Å². The van der Waals surface area contributed by atoms with Crippen molar-refractivity contribution in [3.05, 3.63) is 12.7 Å². The van der Waals surface area contributed by atoms with E-state index in [1.807, 2.05) is 0 Å². The summed E-state index contributed by atoms with van der Waals surface area (Å²) in [5, 5.41) is 19.2. The summed E-state index contributed by atoms with van der Waals surface area (Å²) in [4.78, 5) is 25.2. The minimum absolute atomic E-state index is 0.164. The first kappa shape index (κ1) is 12.7. The molecule has 1 aliphatic rings. The first-order valence-electron chi connectivity index (χ1n) is 4.93. The molecule has 90 valence electrons. The second kappa shape index (κ2) is 4.23. The third-order valence-electron chi connectivity index (χ3n) is 2.95. The van der Waals surface area contributed by atoms with Crippen LogP contribution in [0.5, 0.6) is 0 Å². The number of hydrogen-bond donors (Lipinski definition) is 2. The number of likely N-dealkylation sites (N-methyl/N-ethyl adjacent to an activating group) is 2. The van der Waals surface area contributed by atoms with Crippen molar-refractivity contribution < 1.29 is 19.8 Å². The van der Waals surface area contributed by atoms with E-state index in [4.69, 9.17) is 5.11 Å². The predicted molar refractivity (Wildman–Crippen MR) is 56.3 cm³/mol. The molecule has 0 aromatic heterocycles. The number of rotatable bonds is 4. The lowest BCUT2D eigenvalue weighted by Gasteiger charge is -2.32. The van der Waals surface area contributed by atoms with E-state index < -0.39 is 23.6 Å². The minimum Gasteiger partial charge on any atom is -0.396 e. The molecule has 0 saturated carbocycles. The van der Waals surface area contributed by atoms with Gasteiger partial charge in [0.2, 0.25) is 5.72 Å². The summed E-state index contributed by atoms with van der Waals surface area (Å²) < 4.78 is 0. The summed E-state index contributed by atoms with van der Waals surface area (Å²) in [5.74, 6) is -1.39. The highest BCUT2D eigenvalue weighted by atomic mass is 16.3. The van der Waals surface area contributed by atoms with Gasteiger partial charge in [-0.2, -0.15) is 0 Å². The van der Waals surface area contributed by atoms with Crippen molar-refractivity contribution in [2.45, 2.75) is 12.1 Å². The van der Waals surface area contributed by atoms with Gasteiger partial charge in [-0.1, -0.05) is 6.08 Å². The third kappa shape index (κ3) is 1.50. The lowest BCUT2D eigenvalue weighted by Crippen LogP contribution is -2.53. The number of carbonyl (C=O) groups is 2. The Morgan fingerprint density at radius 1 is 1.50 bits per heavy atom. The standard InChI is InChI=1S/C10H16N2O4/c1-4-7(5-6-13)10(16)8(14)11(2)9(15)12(10)3/h4,7,13,16H,1,5-6H2,2-3H3. The van der Waals surface area contributed by atoms with E-state index in [-0.39, 0.29) is 13.0 Å². The van der Waals surface area contributed by atoms with Crippen molar-refractivity contribution in [1.82, 2.24) is 9.80 Å². The van der Waals surface area contributed by atoms with Crippen LogP contribution in [0.2, 0.25) is 0 Å². The van der Waals surface area contributed by atoms with Crippen LogP contribution < -0.4 is 0 Å². The first-order chi connectivity index (χ1) is 7.41. The van der Waals surface area contributed by atoms with Crippen molar-refractivity contribution in [2.24, 2.45) is 5.92 Å². The number of aliphatic hydroxyl groups is 2. The molecule has 1 rings (SSSR count). The fourth-order valence-corrected chi connectivity index (χ4v) is 1.88. The van der Waals surface area contributed by atoms with Crippen LogP contribution in [0.15, 0.2) is 12.7 Å². The lowest BCUT2D eigenvalue weighted by molar-refractivity contribution is -0.158. The van der Waals surface area contributed by atoms with Crippen LogP contribution in [0, 0.1) is 5.92 Å². The van der Waals surface area contributed by atoms with Gasteiger partial charge >= 0.3 is 6.03 Å². The molecule has 6 nitrogen and oxygen atoms in total. The predicted octanol–water partition coefficient (Wildman–Crippen LogP) is -0.617. The topological polar surface area (TPSA) is 81.1 Å². The number of carbonyl (C=O) groups excluding carboxylic acids is 2. The summed E-state index contributed by atoms with van der Waals surface area (Å²) in [5.41, 5.74) is -1.93. The van der Waals surface area contributed by atoms with Crippen LogP contribution >= 0.6 is 0 Å². The van der Waals surface area contributed by atoms with E-state index in [0.717, 1.165) is 9.80 Å². The van der Waals surface area contributed by atoms with Crippen LogP contribution in [0.1, 0.15) is 6.42 Å². The van der Waals surface area contributed by atoms with E-state index in [2.05, 4.69) is 6.58 Å². The fourth-order valence-electron chi connectivity index (χ4n) is 1.88. The SMILES string of the molecule is C=CC(CCO)C1(O)C(=O)N(C)C(=O)N1C. The summed E-state index contributed by atoms with van der Waals surface area (Å²) in [7, 11) is 2.65. The average Bonchev–Trinajstić information content (AvgIpc) is 2.43. The smallest absolute Gasteiger partial charge is 0.329 e. The molecule has 1 aliphatic heterocycles. The maximum atomic E-state index is 11.8. The first-order valence-corrected chi connectivity index (χ1v) is 4.93. The van der Waals surface area contributed by atoms with Gasteiger partial charge in [-0.05, 0) is 6.42 Å². The van der Waals surface area contributed by atoms with Crippen molar-refractivity contribution in [3.8, 4) is 0 Å². The molecule has 0 spiro atoms. The average molecular weight is 228 g/mol. The number of hydrogen-bond acceptors (Lipinski definition) is 4. The van der Waals surface area contributed by atoms with Gasteiger partial charge in [0.05, 0.1) is 0 Å². The molecular weight excluding hydrogens is 212 g/mol. The quantitative estimate of drug-likeness (QED) is 0.496. The molecule has 0 radical (unpaired) electrons. The zero-order chi connectivity index (χ0) is 12.5. The zero-order valence-electron chi connectivity index (χ0n) is 9.38. The Bertz CT molecular complexity index is 331. The van der Waals surface area contributed by atoms with Crippen LogP contribution in [0.25, 0.3) is 0 Å². The Balaban J connectivity index is 3.11. The fraction of sp³-hybridized carbons (Fsp3) is 0.600. The molecule has 2 N–H and O–H groups in total. The van der Waals surface area contributed by atoms with Gasteiger partial charge in [-0.25, -0.2) is 4.79 Å². The van der Waals surface area contributed by atoms with Crippen LogP contribution in [0.4, 0.5) is 4.79 Å². The highest BCUT2D eigenvalue weighted by molar-refractivity contribution is 6.05. The Labute approximate surface area is 93.8 Å². The lowest BCUT2D eigenvalue weighted by atomic mass is 9.91.